The molecular formula is C59H63Br3N15O17+. The number of aliphatic imine (C=N–C) groups is 3. The van der Waals surface area contributed by atoms with Gasteiger partial charge in [0.15, 0.2) is 58.6 Å². The lowest BCUT2D eigenvalue weighted by Crippen LogP contribution is -2.45. The van der Waals surface area contributed by atoms with Crippen LogP contribution in [0, 0.1) is 6.20 Å². The lowest BCUT2D eigenvalue weighted by Gasteiger charge is -2.24. The highest BCUT2D eigenvalue weighted by Crippen LogP contribution is 2.33. The summed E-state index contributed by atoms with van der Waals surface area (Å²) in [6.07, 6.45) is 3.73. The Kier molecular flexibility index (Phi) is 26.6. The van der Waals surface area contributed by atoms with Gasteiger partial charge in [0.05, 0.1) is 50.1 Å². The third-order valence-electron chi connectivity index (χ3n) is 12.8. The van der Waals surface area contributed by atoms with Gasteiger partial charge in [0, 0.05) is 83.7 Å². The molecule has 3 amide bonds. The first kappa shape index (κ1) is 73.2. The Morgan fingerprint density at radius 3 is 1.60 bits per heavy atom. The van der Waals surface area contributed by atoms with Crippen molar-refractivity contribution in [3.8, 4) is 0 Å². The summed E-state index contributed by atoms with van der Waals surface area (Å²) in [4.78, 5) is 159. The minimum Gasteiger partial charge on any atom is -0.479 e. The molecule has 35 heteroatoms. The number of hydrogen-bond donors (Lipinski definition) is 4. The highest BCUT2D eigenvalue weighted by Gasteiger charge is 2.38. The number of amides is 3. The maximum atomic E-state index is 13.1. The summed E-state index contributed by atoms with van der Waals surface area (Å²) in [6.45, 7) is 15.8. The topological polar surface area (TPSA) is 405 Å². The van der Waals surface area contributed by atoms with E-state index >= 15 is 0 Å². The van der Waals surface area contributed by atoms with Crippen LogP contribution in [0.25, 0.3) is 22.1 Å². The van der Waals surface area contributed by atoms with Crippen molar-refractivity contribution in [3.63, 3.8) is 0 Å². The quantitative estimate of drug-likeness (QED) is 0.0650. The largest absolute Gasteiger partial charge is 0.479 e. The Hall–Kier alpha value is -9.86. The number of fused-ring (bicyclic) bond motifs is 3. The summed E-state index contributed by atoms with van der Waals surface area (Å²) in [5.41, 5.74) is 4.63. The average Bonchev–Trinajstić information content (AvgIpc) is 1.72. The first-order valence-electron chi connectivity index (χ1n) is 28.4. The van der Waals surface area contributed by atoms with Crippen LogP contribution in [0.4, 0.5) is 17.1 Å². The van der Waals surface area contributed by atoms with Gasteiger partial charge >= 0.3 is 41.8 Å². The predicted octanol–water partition coefficient (Wildman–Crippen LogP) is 4.14. The molecule has 0 bridgehead atoms. The molecular weight excluding hydrogens is 1430 g/mol. The summed E-state index contributed by atoms with van der Waals surface area (Å²) in [7, 11) is 0. The van der Waals surface area contributed by atoms with Crippen molar-refractivity contribution in [2.24, 2.45) is 25.0 Å². The molecule has 0 aliphatic carbocycles. The van der Waals surface area contributed by atoms with Gasteiger partial charge in [0.25, 0.3) is 17.2 Å². The molecule has 0 spiro atoms. The highest BCUT2D eigenvalue weighted by atomic mass is 79.9. The summed E-state index contributed by atoms with van der Waals surface area (Å²) in [5, 5.41) is 19.5. The van der Waals surface area contributed by atoms with Crippen LogP contribution in [0.2, 0.25) is 0 Å². The SMILES string of the molecule is Brc1c(NC2=NCCN2)ccc2c1=N[C+]=CN=2.CC(=O)O[C@@H](C)C(=O)O[C@@H](C)C(=O)N1CCN(C(C)=O)C1=Nc1ccc2nccnc2c1Br.CC(=O)O[C@@H](C)C(=O)O[C@@H](C)C(=O)N1CCN=C1Nc1ccc2nccnc2c1Br.CC(=O)O[C@@H](C)C(=O)O[C@@H](C)C(=O)O. The van der Waals surface area contributed by atoms with E-state index in [0.29, 0.717) is 55.9 Å². The average molecular weight is 1490 g/mol. The number of aliphatic carboxylic acids is 1. The second-order valence-corrected chi connectivity index (χ2v) is 22.4. The van der Waals surface area contributed by atoms with Crippen LogP contribution < -0.4 is 26.7 Å². The lowest BCUT2D eigenvalue weighted by molar-refractivity contribution is -0.174. The van der Waals surface area contributed by atoms with E-state index < -0.39 is 90.2 Å². The Morgan fingerprint density at radius 1 is 0.564 bits per heavy atom. The normalized spacial score (nSPS) is 15.7. The second kappa shape index (κ2) is 34.2. The van der Waals surface area contributed by atoms with Gasteiger partial charge in [0.2, 0.25) is 24.0 Å². The maximum Gasteiger partial charge on any atom is 0.347 e. The number of carbonyl (C=O) groups excluding carboxylic acids is 9. The molecule has 3 aromatic carbocycles. The third kappa shape index (κ3) is 20.1. The zero-order valence-corrected chi connectivity index (χ0v) is 56.8. The van der Waals surface area contributed by atoms with E-state index in [0.717, 1.165) is 59.3 Å². The van der Waals surface area contributed by atoms with E-state index in [9.17, 15) is 47.9 Å². The fraction of sp³-hybridized carbons (Fsp3) is 0.373. The van der Waals surface area contributed by atoms with Crippen molar-refractivity contribution in [1.29, 1.82) is 0 Å². The van der Waals surface area contributed by atoms with Crippen molar-refractivity contribution in [1.82, 2.24) is 40.0 Å². The van der Waals surface area contributed by atoms with E-state index in [-0.39, 0.29) is 25.0 Å². The number of carboxylic acid groups (broad SMARTS) is 1. The highest BCUT2D eigenvalue weighted by molar-refractivity contribution is 9.11. The van der Waals surface area contributed by atoms with Gasteiger partial charge in [-0.1, -0.05) is 0 Å². The van der Waals surface area contributed by atoms with Crippen molar-refractivity contribution < 1.29 is 81.5 Å². The molecule has 1 saturated heterocycles. The van der Waals surface area contributed by atoms with E-state index in [1.165, 1.54) is 70.1 Å². The first-order chi connectivity index (χ1) is 44.6. The molecule has 1 fully saturated rings. The summed E-state index contributed by atoms with van der Waals surface area (Å²) < 4.78 is 30.9. The molecule has 6 atom stereocenters. The molecule has 2 aromatic heterocycles. The van der Waals surface area contributed by atoms with Gasteiger partial charge in [-0.05, 0) is 126 Å². The van der Waals surface area contributed by atoms with Crippen LogP contribution in [0.3, 0.4) is 0 Å². The molecule has 0 saturated carbocycles. The van der Waals surface area contributed by atoms with Crippen LogP contribution in [0.5, 0.6) is 0 Å². The molecule has 32 nitrogen and oxygen atoms in total. The summed E-state index contributed by atoms with van der Waals surface area (Å²) in [5.74, 6) is -5.76. The number of nitrogens with one attached hydrogen (secondary N) is 3. The molecule has 5 aromatic rings. The summed E-state index contributed by atoms with van der Waals surface area (Å²) >= 11 is 10.5. The fourth-order valence-corrected chi connectivity index (χ4v) is 9.89. The first-order valence-corrected chi connectivity index (χ1v) is 30.8. The molecule has 6 heterocycles. The van der Waals surface area contributed by atoms with Gasteiger partial charge < -0.3 is 49.5 Å². The smallest absolute Gasteiger partial charge is 0.347 e. The number of hydrogen-bond acceptors (Lipinski definition) is 28. The number of esters is 6. The van der Waals surface area contributed by atoms with Crippen molar-refractivity contribution in [2.45, 2.75) is 106 Å². The molecule has 496 valence electrons. The van der Waals surface area contributed by atoms with Gasteiger partial charge in [0.1, 0.15) is 11.0 Å². The zero-order valence-electron chi connectivity index (χ0n) is 52.0. The van der Waals surface area contributed by atoms with E-state index in [4.69, 9.17) is 24.1 Å². The summed E-state index contributed by atoms with van der Waals surface area (Å²) in [6, 6.07) is 10.9. The molecule has 4 N–H and O–H groups in total. The van der Waals surface area contributed by atoms with Crippen LogP contribution in [-0.2, 0) is 76.4 Å². The number of benzene rings is 3. The minimum atomic E-state index is -1.26. The second-order valence-electron chi connectivity index (χ2n) is 20.0. The monoisotopic (exact) mass is 1490 g/mol. The standard InChI is InChI=1S/C21H22BrN5O6.C19H20BrN5O5.C11H9BrN5.C8H12O6/c1-11(33-20(31)12(2)32-14(4)29)19(30)27-10-9-26(13(3)28)21(27)25-15-5-6-16-18(17(15)22)24-8-7-23-16;1-10(30-18(28)11(2)29-12(3)26)17(27)25-9-8-23-19(25)24-13-4-5-14-16(15(13)20)22-7-6-21-14;12-9-7(17-11-15-5-6-16-11)1-2-8-10(9)14-4-3-13-8;1-4(7(10)11)14-8(12)5(2)13-6(3)9/h5-8,11-12H,9-10H2,1-4H3;4-7,10-11H,8-9H2,1-3H3,(H,23,24);1-3H,5-6H2,(H2,15,16,17);4-5H,1-3H3,(H,10,11)/q;;+1;/t11-,12-;10-,11-;;4-,5-/m00.0/s1. The van der Waals surface area contributed by atoms with Gasteiger partial charge in [-0.2, -0.15) is 4.99 Å². The Morgan fingerprint density at radius 2 is 1.06 bits per heavy atom. The van der Waals surface area contributed by atoms with Crippen LogP contribution >= 0.6 is 47.8 Å². The van der Waals surface area contributed by atoms with Gasteiger partial charge in [-0.25, -0.2) is 24.2 Å². The Balaban J connectivity index is 0.000000210. The van der Waals surface area contributed by atoms with Crippen LogP contribution in [0.1, 0.15) is 69.2 Å². The number of anilines is 2. The number of aromatic nitrogens is 4. The lowest BCUT2D eigenvalue weighted by atomic mass is 10.2. The number of ether oxygens (including phenoxy) is 6. The zero-order chi connectivity index (χ0) is 69.1. The minimum absolute atomic E-state index is 0.104. The molecule has 4 aliphatic heterocycles. The van der Waals surface area contributed by atoms with Gasteiger partial charge in [-0.15, -0.1) is 0 Å². The molecule has 94 heavy (non-hydrogen) atoms. The number of carbonyl (C=O) groups is 10. The van der Waals surface area contributed by atoms with Gasteiger partial charge in [-0.3, -0.25) is 73.4 Å². The number of halogens is 3. The van der Waals surface area contributed by atoms with E-state index in [2.05, 4.69) is 124 Å². The number of nitrogens with zero attached hydrogens (tertiary/aromatic N) is 12. The third-order valence-corrected chi connectivity index (χ3v) is 15.2. The van der Waals surface area contributed by atoms with Crippen LogP contribution in [-0.4, -0.2) is 193 Å². The molecule has 9 rings (SSSR count). The fourth-order valence-electron chi connectivity index (χ4n) is 8.30. The Labute approximate surface area is 561 Å². The van der Waals surface area contributed by atoms with Crippen molar-refractivity contribution >= 4 is 164 Å². The number of rotatable bonds is 15. The molecule has 4 aliphatic rings. The van der Waals surface area contributed by atoms with Crippen molar-refractivity contribution in [3.05, 3.63) is 97.7 Å². The molecule has 0 radical (unpaired) electrons. The Bertz CT molecular complexity index is 4020. The predicted molar refractivity (Wildman–Crippen MR) is 344 cm³/mol. The number of guanidine groups is 3. The number of carboxylic acids is 1. The van der Waals surface area contributed by atoms with Crippen molar-refractivity contribution in [2.75, 3.05) is 49.9 Å². The molecule has 0 unspecified atom stereocenters. The van der Waals surface area contributed by atoms with Crippen LogP contribution in [0.15, 0.2) is 106 Å². The van der Waals surface area contributed by atoms with E-state index in [1.54, 1.807) is 55.3 Å². The van der Waals surface area contributed by atoms with E-state index in [1.807, 2.05) is 12.1 Å². The maximum absolute atomic E-state index is 13.1.